The molecule has 0 aromatic heterocycles. The number of hydrogen-bond acceptors (Lipinski definition) is 8. The minimum absolute atomic E-state index is 0.128. The summed E-state index contributed by atoms with van der Waals surface area (Å²) in [5.74, 6) is 0.152. The number of anilines is 1. The fourth-order valence-corrected chi connectivity index (χ4v) is 5.77. The molecule has 1 saturated heterocycles. The monoisotopic (exact) mass is 501 g/mol. The van der Waals surface area contributed by atoms with Gasteiger partial charge >= 0.3 is 0 Å². The maximum atomic E-state index is 11.2. The van der Waals surface area contributed by atoms with E-state index < -0.39 is 10.8 Å². The Hall–Kier alpha value is -2.34. The number of carbonyl (C=O) groups is 1. The van der Waals surface area contributed by atoms with Crippen molar-refractivity contribution in [1.29, 1.82) is 0 Å². The van der Waals surface area contributed by atoms with E-state index in [-0.39, 0.29) is 11.7 Å². The third kappa shape index (κ3) is 7.08. The molecule has 0 bridgehead atoms. The normalized spacial score (nSPS) is 18.2. The average molecular weight is 502 g/mol. The molecule has 0 aliphatic carbocycles. The number of thioether (sulfide) groups is 1. The van der Waals surface area contributed by atoms with Crippen LogP contribution in [0.4, 0.5) is 5.69 Å². The van der Waals surface area contributed by atoms with Crippen molar-refractivity contribution in [1.82, 2.24) is 15.1 Å². The van der Waals surface area contributed by atoms with Crippen molar-refractivity contribution in [2.75, 3.05) is 49.7 Å². The summed E-state index contributed by atoms with van der Waals surface area (Å²) in [6.45, 7) is 6.43. The standard InChI is InChI=1S/C24H31N5O3S2/c1-19(30)26-24-25-17-20(9-15-33-24)18-29-12-10-28(11-13-29)14-16-34(31,32)27-23-8-4-6-21-5-2-3-7-22(21)23/h2-9,15,17,27,31-32H,10-14,16,18H2,1H3,(H,25,26,30). The zero-order valence-electron chi connectivity index (χ0n) is 19.2. The summed E-state index contributed by atoms with van der Waals surface area (Å²) in [5.41, 5.74) is 1.84. The molecule has 0 radical (unpaired) electrons. The molecule has 1 fully saturated rings. The fraction of sp³-hybridized carbons (Fsp3) is 0.333. The molecular formula is C24H31N5O3S2. The van der Waals surface area contributed by atoms with E-state index in [1.807, 2.05) is 60.1 Å². The number of rotatable bonds is 7. The summed E-state index contributed by atoms with van der Waals surface area (Å²) in [6.07, 6.45) is 3.84. The maximum Gasteiger partial charge on any atom is 0.222 e. The number of amidine groups is 1. The van der Waals surface area contributed by atoms with Crippen LogP contribution in [0.2, 0.25) is 0 Å². The third-order valence-corrected chi connectivity index (χ3v) is 7.72. The van der Waals surface area contributed by atoms with Crippen molar-refractivity contribution >= 4 is 50.1 Å². The number of fused-ring (bicyclic) bond motifs is 1. The van der Waals surface area contributed by atoms with Gasteiger partial charge in [0, 0.05) is 57.8 Å². The van der Waals surface area contributed by atoms with Gasteiger partial charge in [-0.05, 0) is 28.5 Å². The molecule has 4 rings (SSSR count). The Bertz CT molecular complexity index is 1110. The van der Waals surface area contributed by atoms with Gasteiger partial charge in [-0.25, -0.2) is 4.99 Å². The first-order chi connectivity index (χ1) is 16.4. The molecule has 0 unspecified atom stereocenters. The van der Waals surface area contributed by atoms with Crippen molar-refractivity contribution in [3.05, 3.63) is 65.7 Å². The van der Waals surface area contributed by atoms with E-state index in [1.54, 1.807) is 0 Å². The first kappa shape index (κ1) is 24.8. The molecule has 1 amide bonds. The number of carbonyl (C=O) groups excluding carboxylic acids is 1. The van der Waals surface area contributed by atoms with Crippen LogP contribution in [0.5, 0.6) is 0 Å². The zero-order valence-corrected chi connectivity index (χ0v) is 20.8. The summed E-state index contributed by atoms with van der Waals surface area (Å²) in [4.78, 5) is 20.2. The van der Waals surface area contributed by atoms with E-state index in [9.17, 15) is 13.9 Å². The van der Waals surface area contributed by atoms with Gasteiger partial charge in [0.25, 0.3) is 0 Å². The Kier molecular flexibility index (Phi) is 8.30. The van der Waals surface area contributed by atoms with E-state index in [0.717, 1.165) is 54.8 Å². The number of aliphatic imine (C=N–C) groups is 1. The lowest BCUT2D eigenvalue weighted by Crippen LogP contribution is -2.47. The molecule has 0 spiro atoms. The van der Waals surface area contributed by atoms with Gasteiger partial charge in [-0.15, -0.1) is 10.8 Å². The van der Waals surface area contributed by atoms with Crippen molar-refractivity contribution in [2.24, 2.45) is 4.99 Å². The highest BCUT2D eigenvalue weighted by Crippen LogP contribution is 2.40. The first-order valence-corrected chi connectivity index (χ1v) is 13.8. The highest BCUT2D eigenvalue weighted by Gasteiger charge is 2.21. The molecule has 34 heavy (non-hydrogen) atoms. The summed E-state index contributed by atoms with van der Waals surface area (Å²) >= 11 is 1.40. The topological polar surface area (TPSA) is 100 Å². The molecule has 2 aromatic carbocycles. The van der Waals surface area contributed by atoms with Gasteiger partial charge in [0.15, 0.2) is 5.17 Å². The number of hydrogen-bond donors (Lipinski definition) is 4. The second-order valence-corrected chi connectivity index (χ2v) is 11.2. The first-order valence-electron chi connectivity index (χ1n) is 11.2. The van der Waals surface area contributed by atoms with Crippen LogP contribution in [0.25, 0.3) is 10.8 Å². The second-order valence-electron chi connectivity index (χ2n) is 8.36. The Labute approximate surface area is 206 Å². The molecule has 0 atom stereocenters. The molecule has 4 N–H and O–H groups in total. The van der Waals surface area contributed by atoms with E-state index in [4.69, 9.17) is 0 Å². The van der Waals surface area contributed by atoms with Gasteiger partial charge in [0.1, 0.15) is 0 Å². The van der Waals surface area contributed by atoms with E-state index in [0.29, 0.717) is 11.7 Å². The molecule has 0 saturated carbocycles. The molecule has 182 valence electrons. The number of benzene rings is 2. The van der Waals surface area contributed by atoms with Gasteiger partial charge < -0.3 is 5.32 Å². The van der Waals surface area contributed by atoms with Gasteiger partial charge in [-0.2, -0.15) is 0 Å². The molecule has 8 nitrogen and oxygen atoms in total. The SMILES string of the molecule is CC(=O)NC1=NC=C(CN2CCN(CCS(O)(O)Nc3cccc4ccccc34)CC2)C=CS1. The summed E-state index contributed by atoms with van der Waals surface area (Å²) < 4.78 is 24.3. The minimum Gasteiger partial charge on any atom is -0.305 e. The lowest BCUT2D eigenvalue weighted by molar-refractivity contribution is -0.117. The highest BCUT2D eigenvalue weighted by atomic mass is 32.3. The van der Waals surface area contributed by atoms with Crippen LogP contribution >= 0.6 is 22.5 Å². The fourth-order valence-electron chi connectivity index (χ4n) is 3.93. The lowest BCUT2D eigenvalue weighted by atomic mass is 10.1. The van der Waals surface area contributed by atoms with E-state index in [2.05, 4.69) is 24.8 Å². The molecule has 2 aliphatic heterocycles. The predicted molar refractivity (Wildman–Crippen MR) is 144 cm³/mol. The number of piperazine rings is 1. The average Bonchev–Trinajstić information content (AvgIpc) is 3.03. The Morgan fingerprint density at radius 2 is 1.82 bits per heavy atom. The van der Waals surface area contributed by atoms with Crippen LogP contribution in [0, 0.1) is 0 Å². The molecule has 2 heterocycles. The van der Waals surface area contributed by atoms with Gasteiger partial charge in [-0.1, -0.05) is 48.2 Å². The number of nitrogens with one attached hydrogen (secondary N) is 2. The molecular weight excluding hydrogens is 470 g/mol. The summed E-state index contributed by atoms with van der Waals surface area (Å²) in [5, 5.41) is 7.28. The van der Waals surface area contributed by atoms with Crippen LogP contribution in [0.15, 0.2) is 70.7 Å². The minimum atomic E-state index is -2.95. The molecule has 2 aliphatic rings. The van der Waals surface area contributed by atoms with Crippen molar-refractivity contribution < 1.29 is 13.9 Å². The highest BCUT2D eigenvalue weighted by molar-refractivity contribution is 8.25. The van der Waals surface area contributed by atoms with E-state index >= 15 is 0 Å². The Balaban J connectivity index is 1.24. The van der Waals surface area contributed by atoms with Gasteiger partial charge in [0.05, 0.1) is 11.4 Å². The van der Waals surface area contributed by atoms with Gasteiger partial charge in [0.2, 0.25) is 5.91 Å². The summed E-state index contributed by atoms with van der Waals surface area (Å²) in [7, 11) is -2.95. The van der Waals surface area contributed by atoms with E-state index in [1.165, 1.54) is 18.7 Å². The van der Waals surface area contributed by atoms with Crippen molar-refractivity contribution in [3.63, 3.8) is 0 Å². The van der Waals surface area contributed by atoms with Crippen LogP contribution in [-0.4, -0.2) is 75.0 Å². The third-order valence-electron chi connectivity index (χ3n) is 5.72. The summed E-state index contributed by atoms with van der Waals surface area (Å²) in [6, 6.07) is 13.7. The molecule has 10 heteroatoms. The van der Waals surface area contributed by atoms with Crippen LogP contribution in [0.1, 0.15) is 6.92 Å². The molecule has 2 aromatic rings. The number of amides is 1. The number of nitrogens with zero attached hydrogens (tertiary/aromatic N) is 3. The van der Waals surface area contributed by atoms with Crippen LogP contribution in [-0.2, 0) is 4.79 Å². The second kappa shape index (κ2) is 11.4. The largest absolute Gasteiger partial charge is 0.305 e. The Morgan fingerprint density at radius 3 is 2.62 bits per heavy atom. The predicted octanol–water partition coefficient (Wildman–Crippen LogP) is 4.17. The smallest absolute Gasteiger partial charge is 0.222 e. The maximum absolute atomic E-state index is 11.2. The van der Waals surface area contributed by atoms with Crippen LogP contribution < -0.4 is 10.0 Å². The zero-order chi connectivity index (χ0) is 24.0. The quantitative estimate of drug-likeness (QED) is 0.452. The lowest BCUT2D eigenvalue weighted by Gasteiger charge is -2.39. The van der Waals surface area contributed by atoms with Crippen molar-refractivity contribution in [2.45, 2.75) is 6.92 Å². The Morgan fingerprint density at radius 1 is 1.09 bits per heavy atom. The van der Waals surface area contributed by atoms with Gasteiger partial charge in [-0.3, -0.25) is 28.4 Å². The van der Waals surface area contributed by atoms with Crippen molar-refractivity contribution in [3.8, 4) is 0 Å². The van der Waals surface area contributed by atoms with Crippen LogP contribution in [0.3, 0.4) is 0 Å².